The van der Waals surface area contributed by atoms with Crippen LogP contribution < -0.4 is 10.6 Å². The summed E-state index contributed by atoms with van der Waals surface area (Å²) in [7, 11) is 0. The van der Waals surface area contributed by atoms with Gasteiger partial charge in [-0.2, -0.15) is 5.26 Å². The molecule has 1 atom stereocenters. The Morgan fingerprint density at radius 3 is 2.56 bits per heavy atom. The van der Waals surface area contributed by atoms with E-state index in [1.54, 1.807) is 6.07 Å². The van der Waals surface area contributed by atoms with E-state index in [1.807, 2.05) is 12.1 Å². The number of anilines is 1. The van der Waals surface area contributed by atoms with Gasteiger partial charge in [-0.3, -0.25) is 0 Å². The van der Waals surface area contributed by atoms with Crippen LogP contribution in [0.25, 0.3) is 33.3 Å². The molecular weight excluding hydrogens is 425 g/mol. The minimum Gasteiger partial charge on any atom is -0.354 e. The summed E-state index contributed by atoms with van der Waals surface area (Å²) in [6.07, 6.45) is 1.12. The van der Waals surface area contributed by atoms with Crippen LogP contribution in [0.1, 0.15) is 23.1 Å². The molecule has 34 heavy (non-hydrogen) atoms. The molecule has 2 N–H and O–H groups in total. The molecule has 0 spiro atoms. The second-order valence-corrected chi connectivity index (χ2v) is 8.94. The first-order chi connectivity index (χ1) is 16.5. The number of benzene rings is 3. The Bertz CT molecular complexity index is 1400. The Morgan fingerprint density at radius 2 is 1.85 bits per heavy atom. The Morgan fingerprint density at radius 1 is 1.06 bits per heavy atom. The van der Waals surface area contributed by atoms with Crippen molar-refractivity contribution in [2.24, 2.45) is 5.92 Å². The van der Waals surface area contributed by atoms with Gasteiger partial charge < -0.3 is 10.6 Å². The lowest BCUT2D eigenvalue weighted by molar-refractivity contribution is 0.613. The van der Waals surface area contributed by atoms with Gasteiger partial charge in [0.15, 0.2) is 0 Å². The summed E-state index contributed by atoms with van der Waals surface area (Å²) < 4.78 is 14.6. The van der Waals surface area contributed by atoms with Crippen molar-refractivity contribution in [3.8, 4) is 28.5 Å². The van der Waals surface area contributed by atoms with Crippen LogP contribution in [0.5, 0.6) is 0 Å². The fourth-order valence-corrected chi connectivity index (χ4v) is 4.73. The lowest BCUT2D eigenvalue weighted by Crippen LogP contribution is -2.18. The Hall–Kier alpha value is -3.82. The largest absolute Gasteiger partial charge is 0.354 e. The smallest absolute Gasteiger partial charge is 0.223 e. The fraction of sp³-hybridized carbons (Fsp3) is 0.250. The van der Waals surface area contributed by atoms with E-state index < -0.39 is 5.82 Å². The Labute approximate surface area is 198 Å². The molecular formula is C28H26FN5. The Balaban J connectivity index is 1.65. The van der Waals surface area contributed by atoms with Crippen molar-refractivity contribution in [3.63, 3.8) is 0 Å². The molecule has 1 fully saturated rings. The van der Waals surface area contributed by atoms with Gasteiger partial charge in [0.25, 0.3) is 0 Å². The van der Waals surface area contributed by atoms with Crippen LogP contribution in [0.15, 0.2) is 54.6 Å². The zero-order valence-corrected chi connectivity index (χ0v) is 19.3. The number of aryl methyl sites for hydroxylation is 2. The molecule has 1 aliphatic rings. The second kappa shape index (κ2) is 9.20. The van der Waals surface area contributed by atoms with Crippen LogP contribution in [0.2, 0.25) is 0 Å². The maximum atomic E-state index is 14.6. The van der Waals surface area contributed by atoms with Gasteiger partial charge in [-0.15, -0.1) is 0 Å². The first-order valence-electron chi connectivity index (χ1n) is 11.6. The van der Waals surface area contributed by atoms with Crippen LogP contribution in [-0.2, 0) is 0 Å². The highest BCUT2D eigenvalue weighted by Crippen LogP contribution is 2.34. The minimum atomic E-state index is -0.552. The van der Waals surface area contributed by atoms with E-state index in [9.17, 15) is 4.39 Å². The van der Waals surface area contributed by atoms with Gasteiger partial charge in [-0.05, 0) is 85.8 Å². The van der Waals surface area contributed by atoms with Crippen LogP contribution in [0.3, 0.4) is 0 Å². The first-order valence-corrected chi connectivity index (χ1v) is 11.6. The van der Waals surface area contributed by atoms with Crippen LogP contribution in [0.4, 0.5) is 10.3 Å². The van der Waals surface area contributed by atoms with Gasteiger partial charge >= 0.3 is 0 Å². The van der Waals surface area contributed by atoms with Crippen molar-refractivity contribution in [3.05, 3.63) is 77.1 Å². The molecule has 1 saturated heterocycles. The summed E-state index contributed by atoms with van der Waals surface area (Å²) in [6.45, 7) is 6.99. The molecule has 3 aromatic carbocycles. The highest BCUT2D eigenvalue weighted by Gasteiger charge is 2.17. The van der Waals surface area contributed by atoms with E-state index in [0.29, 0.717) is 23.1 Å². The third kappa shape index (κ3) is 4.23. The predicted molar refractivity (Wildman–Crippen MR) is 134 cm³/mol. The van der Waals surface area contributed by atoms with Crippen molar-refractivity contribution in [1.29, 1.82) is 5.26 Å². The third-order valence-corrected chi connectivity index (χ3v) is 6.54. The molecule has 5 rings (SSSR count). The molecule has 5 nitrogen and oxygen atoms in total. The van der Waals surface area contributed by atoms with Crippen molar-refractivity contribution >= 4 is 16.9 Å². The summed E-state index contributed by atoms with van der Waals surface area (Å²) in [5.74, 6) is 0.504. The molecule has 1 aliphatic heterocycles. The Kier molecular flexibility index (Phi) is 5.95. The quantitative estimate of drug-likeness (QED) is 0.412. The van der Waals surface area contributed by atoms with Gasteiger partial charge in [0, 0.05) is 17.5 Å². The van der Waals surface area contributed by atoms with Gasteiger partial charge in [0.1, 0.15) is 11.9 Å². The SMILES string of the molecule is Cc1cccc(C)c1-c1ccc2nc(NC[C@H]3CCNC3)nc(-c3ccc(C#N)c(F)c3)c2c1. The molecule has 0 amide bonds. The fourth-order valence-electron chi connectivity index (χ4n) is 4.73. The molecule has 2 heterocycles. The number of fused-ring (bicyclic) bond motifs is 1. The molecule has 1 aromatic heterocycles. The van der Waals surface area contributed by atoms with Gasteiger partial charge in [-0.1, -0.05) is 30.3 Å². The number of aromatic nitrogens is 2. The topological polar surface area (TPSA) is 73.6 Å². The van der Waals surface area contributed by atoms with Gasteiger partial charge in [-0.25, -0.2) is 14.4 Å². The maximum absolute atomic E-state index is 14.6. The van der Waals surface area contributed by atoms with E-state index in [2.05, 4.69) is 54.8 Å². The first kappa shape index (κ1) is 22.0. The number of nitrogens with one attached hydrogen (secondary N) is 2. The maximum Gasteiger partial charge on any atom is 0.223 e. The van der Waals surface area contributed by atoms with Crippen molar-refractivity contribution in [2.45, 2.75) is 20.3 Å². The summed E-state index contributed by atoms with van der Waals surface area (Å²) in [6, 6.07) is 19.0. The number of rotatable bonds is 5. The minimum absolute atomic E-state index is 0.0189. The highest BCUT2D eigenvalue weighted by atomic mass is 19.1. The van der Waals surface area contributed by atoms with Gasteiger partial charge in [0.2, 0.25) is 5.95 Å². The average molecular weight is 452 g/mol. The molecule has 0 saturated carbocycles. The number of hydrogen-bond acceptors (Lipinski definition) is 5. The van der Waals surface area contributed by atoms with E-state index in [1.165, 1.54) is 28.8 Å². The second-order valence-electron chi connectivity index (χ2n) is 8.94. The molecule has 0 unspecified atom stereocenters. The number of halogens is 1. The van der Waals surface area contributed by atoms with E-state index in [4.69, 9.17) is 15.2 Å². The molecule has 4 aromatic rings. The molecule has 0 radical (unpaired) electrons. The number of hydrogen-bond donors (Lipinski definition) is 2. The van der Waals surface area contributed by atoms with Crippen molar-refractivity contribution in [2.75, 3.05) is 25.0 Å². The van der Waals surface area contributed by atoms with Crippen molar-refractivity contribution in [1.82, 2.24) is 15.3 Å². The molecule has 0 bridgehead atoms. The lowest BCUT2D eigenvalue weighted by Gasteiger charge is -2.15. The van der Waals surface area contributed by atoms with Crippen molar-refractivity contribution < 1.29 is 4.39 Å². The highest BCUT2D eigenvalue weighted by molar-refractivity contribution is 5.96. The van der Waals surface area contributed by atoms with Crippen LogP contribution >= 0.6 is 0 Å². The summed E-state index contributed by atoms with van der Waals surface area (Å²) in [5.41, 5.74) is 6.70. The van der Waals surface area contributed by atoms with Gasteiger partial charge in [0.05, 0.1) is 16.8 Å². The lowest BCUT2D eigenvalue weighted by atomic mass is 9.94. The molecule has 0 aliphatic carbocycles. The summed E-state index contributed by atoms with van der Waals surface area (Å²) >= 11 is 0. The third-order valence-electron chi connectivity index (χ3n) is 6.54. The van der Waals surface area contributed by atoms with Crippen LogP contribution in [0, 0.1) is 36.9 Å². The number of nitriles is 1. The van der Waals surface area contributed by atoms with E-state index in [-0.39, 0.29) is 5.56 Å². The number of nitrogens with zero attached hydrogens (tertiary/aromatic N) is 3. The molecule has 6 heteroatoms. The van der Waals surface area contributed by atoms with Crippen LogP contribution in [-0.4, -0.2) is 29.6 Å². The zero-order valence-electron chi connectivity index (χ0n) is 19.3. The normalized spacial score (nSPS) is 15.4. The predicted octanol–water partition coefficient (Wildman–Crippen LogP) is 5.61. The summed E-state index contributed by atoms with van der Waals surface area (Å²) in [5, 5.41) is 16.8. The van der Waals surface area contributed by atoms with E-state index >= 15 is 0 Å². The average Bonchev–Trinajstić information content (AvgIpc) is 3.36. The zero-order chi connectivity index (χ0) is 23.7. The monoisotopic (exact) mass is 451 g/mol. The standard InChI is InChI=1S/C28H26FN5/c1-17-4-3-5-18(2)26(17)20-8-9-25-23(12-20)27(21-6-7-22(14-30)24(29)13-21)34-28(33-25)32-16-19-10-11-31-15-19/h3-9,12-13,19,31H,10-11,15-16H2,1-2H3,(H,32,33,34)/t19-/m0/s1. The molecule has 170 valence electrons. The van der Waals surface area contributed by atoms with E-state index in [0.717, 1.165) is 42.5 Å². The summed E-state index contributed by atoms with van der Waals surface area (Å²) in [4.78, 5) is 9.59.